The van der Waals surface area contributed by atoms with Crippen LogP contribution in [0.1, 0.15) is 11.1 Å². The lowest BCUT2D eigenvalue weighted by Gasteiger charge is -2.27. The predicted octanol–water partition coefficient (Wildman–Crippen LogP) is 2.75. The summed E-state index contributed by atoms with van der Waals surface area (Å²) in [6, 6.07) is 14.7. The largest absolute Gasteiger partial charge is 0.380 e. The van der Waals surface area contributed by atoms with Gasteiger partial charge < -0.3 is 9.47 Å². The lowest BCUT2D eigenvalue weighted by molar-refractivity contribution is 0.0182. The molecule has 2 aromatic rings. The van der Waals surface area contributed by atoms with Crippen molar-refractivity contribution < 1.29 is 9.47 Å². The maximum Gasteiger partial charge on any atom is 0.0732 e. The van der Waals surface area contributed by atoms with Crippen molar-refractivity contribution in [2.75, 3.05) is 32.9 Å². The van der Waals surface area contributed by atoms with E-state index in [4.69, 9.17) is 9.47 Å². The molecule has 0 spiro atoms. The van der Waals surface area contributed by atoms with Gasteiger partial charge in [-0.05, 0) is 17.2 Å². The lowest BCUT2D eigenvalue weighted by Crippen LogP contribution is -2.35. The Balaban J connectivity index is 1.36. The second kappa shape index (κ2) is 7.01. The maximum atomic E-state index is 6.06. The number of likely N-dealkylation sites (tertiary alicyclic amines) is 1. The Hall–Kier alpha value is -1.75. The molecule has 2 aliphatic heterocycles. The van der Waals surface area contributed by atoms with Crippen LogP contribution in [0.4, 0.5) is 0 Å². The number of fused-ring (bicyclic) bond motifs is 1. The van der Waals surface area contributed by atoms with Crippen molar-refractivity contribution in [1.29, 1.82) is 0 Å². The zero-order valence-corrected chi connectivity index (χ0v) is 13.9. The van der Waals surface area contributed by atoms with Crippen molar-refractivity contribution in [3.8, 4) is 0 Å². The third kappa shape index (κ3) is 3.36. The minimum Gasteiger partial charge on any atom is -0.380 e. The van der Waals surface area contributed by atoms with E-state index < -0.39 is 0 Å². The zero-order valence-electron chi connectivity index (χ0n) is 13.9. The van der Waals surface area contributed by atoms with Gasteiger partial charge in [-0.3, -0.25) is 9.88 Å². The van der Waals surface area contributed by atoms with Gasteiger partial charge in [-0.25, -0.2) is 0 Å². The van der Waals surface area contributed by atoms with Crippen LogP contribution < -0.4 is 0 Å². The van der Waals surface area contributed by atoms with E-state index >= 15 is 0 Å². The summed E-state index contributed by atoms with van der Waals surface area (Å²) < 4.78 is 11.9. The maximum absolute atomic E-state index is 6.06. The van der Waals surface area contributed by atoms with E-state index in [1.54, 1.807) is 6.20 Å². The van der Waals surface area contributed by atoms with Gasteiger partial charge in [0.25, 0.3) is 0 Å². The number of rotatable bonds is 6. The van der Waals surface area contributed by atoms with Crippen molar-refractivity contribution in [3.63, 3.8) is 0 Å². The highest BCUT2D eigenvalue weighted by atomic mass is 16.5. The van der Waals surface area contributed by atoms with Gasteiger partial charge >= 0.3 is 0 Å². The monoisotopic (exact) mass is 324 g/mol. The number of hydrogen-bond donors (Lipinski definition) is 0. The van der Waals surface area contributed by atoms with E-state index in [1.165, 1.54) is 5.56 Å². The SMILES string of the molecule is c1ccc(CN2C[C@@H]3COC[C@]3(COCc3cccnc3)C2)cc1. The summed E-state index contributed by atoms with van der Waals surface area (Å²) in [7, 11) is 0. The molecule has 1 aromatic heterocycles. The molecule has 2 aliphatic rings. The van der Waals surface area contributed by atoms with Crippen LogP contribution in [0, 0.1) is 11.3 Å². The topological polar surface area (TPSA) is 34.6 Å². The highest BCUT2D eigenvalue weighted by Gasteiger charge is 2.50. The Bertz CT molecular complexity index is 649. The molecule has 2 atom stereocenters. The molecule has 0 N–H and O–H groups in total. The van der Waals surface area contributed by atoms with Crippen molar-refractivity contribution in [1.82, 2.24) is 9.88 Å². The molecule has 4 heteroatoms. The second-order valence-corrected chi connectivity index (χ2v) is 7.08. The van der Waals surface area contributed by atoms with E-state index in [2.05, 4.69) is 46.3 Å². The van der Waals surface area contributed by atoms with Gasteiger partial charge in [-0.2, -0.15) is 0 Å². The van der Waals surface area contributed by atoms with Crippen LogP contribution in [0.25, 0.3) is 0 Å². The molecule has 0 unspecified atom stereocenters. The fraction of sp³-hybridized carbons (Fsp3) is 0.450. The first-order chi connectivity index (χ1) is 11.8. The van der Waals surface area contributed by atoms with Crippen LogP contribution in [0.3, 0.4) is 0 Å². The van der Waals surface area contributed by atoms with Gasteiger partial charge in [0.2, 0.25) is 0 Å². The minimum absolute atomic E-state index is 0.150. The molecular formula is C20H24N2O2. The third-order valence-corrected chi connectivity index (χ3v) is 5.22. The Morgan fingerprint density at radius 3 is 2.88 bits per heavy atom. The average molecular weight is 324 g/mol. The van der Waals surface area contributed by atoms with Gasteiger partial charge in [0.05, 0.1) is 26.4 Å². The number of benzene rings is 1. The summed E-state index contributed by atoms with van der Waals surface area (Å²) in [5.41, 5.74) is 2.66. The Kier molecular flexibility index (Phi) is 4.60. The number of ether oxygens (including phenoxy) is 2. The predicted molar refractivity (Wildman–Crippen MR) is 92.4 cm³/mol. The van der Waals surface area contributed by atoms with Crippen LogP contribution >= 0.6 is 0 Å². The summed E-state index contributed by atoms with van der Waals surface area (Å²) >= 11 is 0. The zero-order chi connectivity index (χ0) is 16.2. The van der Waals surface area contributed by atoms with Crippen LogP contribution in [0.5, 0.6) is 0 Å². The molecule has 0 aliphatic carbocycles. The minimum atomic E-state index is 0.150. The fourth-order valence-electron chi connectivity index (χ4n) is 3.96. The molecule has 2 saturated heterocycles. The van der Waals surface area contributed by atoms with Gasteiger partial charge in [-0.15, -0.1) is 0 Å². The summed E-state index contributed by atoms with van der Waals surface area (Å²) in [5.74, 6) is 0.579. The van der Waals surface area contributed by atoms with Crippen molar-refractivity contribution in [3.05, 3.63) is 66.0 Å². The smallest absolute Gasteiger partial charge is 0.0732 e. The Labute approximate surface area is 143 Å². The van der Waals surface area contributed by atoms with Gasteiger partial charge in [0.15, 0.2) is 0 Å². The van der Waals surface area contributed by atoms with Crippen LogP contribution in [0.2, 0.25) is 0 Å². The van der Waals surface area contributed by atoms with Crippen LogP contribution in [0.15, 0.2) is 54.9 Å². The van der Waals surface area contributed by atoms with Crippen LogP contribution in [-0.2, 0) is 22.6 Å². The van der Waals surface area contributed by atoms with Crippen molar-refractivity contribution in [2.45, 2.75) is 13.2 Å². The van der Waals surface area contributed by atoms with E-state index in [0.717, 1.165) is 45.0 Å². The van der Waals surface area contributed by atoms with E-state index in [-0.39, 0.29) is 5.41 Å². The third-order valence-electron chi connectivity index (χ3n) is 5.22. The summed E-state index contributed by atoms with van der Waals surface area (Å²) in [6.45, 7) is 6.24. The molecule has 2 fully saturated rings. The first-order valence-corrected chi connectivity index (χ1v) is 8.65. The molecule has 0 bridgehead atoms. The number of pyridine rings is 1. The molecule has 24 heavy (non-hydrogen) atoms. The van der Waals surface area contributed by atoms with Crippen molar-refractivity contribution >= 4 is 0 Å². The molecule has 0 saturated carbocycles. The fourth-order valence-corrected chi connectivity index (χ4v) is 3.96. The highest BCUT2D eigenvalue weighted by Crippen LogP contribution is 2.42. The van der Waals surface area contributed by atoms with Crippen LogP contribution in [-0.4, -0.2) is 42.8 Å². The lowest BCUT2D eigenvalue weighted by atomic mass is 9.82. The quantitative estimate of drug-likeness (QED) is 0.818. The number of aromatic nitrogens is 1. The number of nitrogens with zero attached hydrogens (tertiary/aromatic N) is 2. The van der Waals surface area contributed by atoms with Gasteiger partial charge in [-0.1, -0.05) is 36.4 Å². The van der Waals surface area contributed by atoms with Crippen molar-refractivity contribution in [2.24, 2.45) is 11.3 Å². The summed E-state index contributed by atoms with van der Waals surface area (Å²) in [4.78, 5) is 6.70. The van der Waals surface area contributed by atoms with E-state index in [0.29, 0.717) is 12.5 Å². The highest BCUT2D eigenvalue weighted by molar-refractivity contribution is 5.15. The average Bonchev–Trinajstić information content (AvgIpc) is 3.13. The normalized spacial score (nSPS) is 26.6. The van der Waals surface area contributed by atoms with Gasteiger partial charge in [0, 0.05) is 43.4 Å². The molecule has 1 aromatic carbocycles. The molecule has 4 nitrogen and oxygen atoms in total. The standard InChI is InChI=1S/C20H24N2O2/c1-2-5-17(6-3-1)10-22-11-19-13-24-16-20(19,14-22)15-23-12-18-7-4-8-21-9-18/h1-9,19H,10-16H2/t19-,20-/m1/s1. The molecule has 0 radical (unpaired) electrons. The summed E-state index contributed by atoms with van der Waals surface area (Å²) in [5, 5.41) is 0. The van der Waals surface area contributed by atoms with E-state index in [9.17, 15) is 0 Å². The second-order valence-electron chi connectivity index (χ2n) is 7.08. The number of hydrogen-bond acceptors (Lipinski definition) is 4. The molecule has 4 rings (SSSR count). The summed E-state index contributed by atoms with van der Waals surface area (Å²) in [6.07, 6.45) is 3.66. The molecule has 0 amide bonds. The Morgan fingerprint density at radius 2 is 2.04 bits per heavy atom. The molecule has 126 valence electrons. The van der Waals surface area contributed by atoms with Gasteiger partial charge in [0.1, 0.15) is 0 Å². The Morgan fingerprint density at radius 1 is 1.17 bits per heavy atom. The molecular weight excluding hydrogens is 300 g/mol. The first kappa shape index (κ1) is 15.8. The van der Waals surface area contributed by atoms with E-state index in [1.807, 2.05) is 12.3 Å². The first-order valence-electron chi connectivity index (χ1n) is 8.65. The molecule has 3 heterocycles.